The SMILES string of the molecule is CN=C(NCCc1ccccc1OC)NCc1ccc(Cl)nc1. The Hall–Kier alpha value is -2.27. The Morgan fingerprint density at radius 3 is 2.74 bits per heavy atom. The molecular formula is C17H21ClN4O. The number of aromatic nitrogens is 1. The second kappa shape index (κ2) is 9.00. The number of hydrogen-bond donors (Lipinski definition) is 2. The molecule has 0 spiro atoms. The highest BCUT2D eigenvalue weighted by Crippen LogP contribution is 2.17. The molecule has 2 aromatic rings. The zero-order chi connectivity index (χ0) is 16.5. The molecule has 0 amide bonds. The Balaban J connectivity index is 1.80. The van der Waals surface area contributed by atoms with Crippen LogP contribution in [0, 0.1) is 0 Å². The fourth-order valence-electron chi connectivity index (χ4n) is 2.14. The van der Waals surface area contributed by atoms with Gasteiger partial charge in [-0.1, -0.05) is 35.9 Å². The Morgan fingerprint density at radius 2 is 2.04 bits per heavy atom. The molecule has 0 aliphatic carbocycles. The van der Waals surface area contributed by atoms with Gasteiger partial charge in [-0.3, -0.25) is 4.99 Å². The van der Waals surface area contributed by atoms with E-state index in [1.54, 1.807) is 26.4 Å². The van der Waals surface area contributed by atoms with Gasteiger partial charge in [-0.2, -0.15) is 0 Å². The van der Waals surface area contributed by atoms with Crippen LogP contribution in [-0.2, 0) is 13.0 Å². The van der Waals surface area contributed by atoms with E-state index in [2.05, 4.69) is 26.7 Å². The van der Waals surface area contributed by atoms with E-state index in [9.17, 15) is 0 Å². The lowest BCUT2D eigenvalue weighted by molar-refractivity contribution is 0.409. The van der Waals surface area contributed by atoms with Crippen molar-refractivity contribution in [3.63, 3.8) is 0 Å². The summed E-state index contributed by atoms with van der Waals surface area (Å²) in [4.78, 5) is 8.27. The quantitative estimate of drug-likeness (QED) is 0.485. The topological polar surface area (TPSA) is 58.5 Å². The van der Waals surface area contributed by atoms with Gasteiger partial charge >= 0.3 is 0 Å². The summed E-state index contributed by atoms with van der Waals surface area (Å²) in [5.74, 6) is 1.65. The minimum Gasteiger partial charge on any atom is -0.496 e. The number of nitrogens with zero attached hydrogens (tertiary/aromatic N) is 2. The summed E-state index contributed by atoms with van der Waals surface area (Å²) in [6.45, 7) is 1.40. The van der Waals surface area contributed by atoms with E-state index < -0.39 is 0 Å². The highest BCUT2D eigenvalue weighted by Gasteiger charge is 2.03. The van der Waals surface area contributed by atoms with Gasteiger partial charge in [-0.15, -0.1) is 0 Å². The maximum atomic E-state index is 5.78. The molecule has 0 unspecified atom stereocenters. The number of rotatable bonds is 6. The van der Waals surface area contributed by atoms with Crippen LogP contribution < -0.4 is 15.4 Å². The first kappa shape index (κ1) is 17.1. The molecule has 122 valence electrons. The van der Waals surface area contributed by atoms with Crippen molar-refractivity contribution in [2.24, 2.45) is 4.99 Å². The van der Waals surface area contributed by atoms with Gasteiger partial charge in [0.05, 0.1) is 7.11 Å². The van der Waals surface area contributed by atoms with E-state index in [-0.39, 0.29) is 0 Å². The fraction of sp³-hybridized carbons (Fsp3) is 0.294. The first-order valence-corrected chi connectivity index (χ1v) is 7.77. The average molecular weight is 333 g/mol. The summed E-state index contributed by atoms with van der Waals surface area (Å²) in [7, 11) is 3.44. The maximum absolute atomic E-state index is 5.78. The van der Waals surface area contributed by atoms with Crippen molar-refractivity contribution in [3.8, 4) is 5.75 Å². The zero-order valence-corrected chi connectivity index (χ0v) is 14.1. The Labute approximate surface area is 141 Å². The average Bonchev–Trinajstić information content (AvgIpc) is 2.59. The third-order valence-electron chi connectivity index (χ3n) is 3.35. The van der Waals surface area contributed by atoms with Crippen LogP contribution in [0.2, 0.25) is 5.15 Å². The third-order valence-corrected chi connectivity index (χ3v) is 3.58. The number of nitrogens with one attached hydrogen (secondary N) is 2. The molecule has 1 aromatic heterocycles. The van der Waals surface area contributed by atoms with Gasteiger partial charge in [0, 0.05) is 26.3 Å². The van der Waals surface area contributed by atoms with Gasteiger partial charge in [0.25, 0.3) is 0 Å². The lowest BCUT2D eigenvalue weighted by Gasteiger charge is -2.13. The number of benzene rings is 1. The number of guanidine groups is 1. The number of para-hydroxylation sites is 1. The molecule has 0 aliphatic rings. The molecule has 0 aliphatic heterocycles. The molecule has 0 saturated heterocycles. The monoisotopic (exact) mass is 332 g/mol. The summed E-state index contributed by atoms with van der Waals surface area (Å²) in [5.41, 5.74) is 2.21. The van der Waals surface area contributed by atoms with Gasteiger partial charge in [0.15, 0.2) is 5.96 Å². The minimum absolute atomic E-state index is 0.494. The number of aliphatic imine (C=N–C) groups is 1. The van der Waals surface area contributed by atoms with E-state index in [1.165, 1.54) is 5.56 Å². The van der Waals surface area contributed by atoms with Crippen molar-refractivity contribution < 1.29 is 4.74 Å². The van der Waals surface area contributed by atoms with Crippen LogP contribution in [0.1, 0.15) is 11.1 Å². The molecule has 1 heterocycles. The van der Waals surface area contributed by atoms with Crippen molar-refractivity contribution in [3.05, 3.63) is 58.9 Å². The first-order valence-electron chi connectivity index (χ1n) is 7.39. The van der Waals surface area contributed by atoms with Crippen LogP contribution >= 0.6 is 11.6 Å². The third kappa shape index (κ3) is 5.45. The zero-order valence-electron chi connectivity index (χ0n) is 13.3. The first-order chi connectivity index (χ1) is 11.2. The van der Waals surface area contributed by atoms with Crippen LogP contribution in [0.25, 0.3) is 0 Å². The molecule has 0 atom stereocenters. The normalized spacial score (nSPS) is 11.2. The van der Waals surface area contributed by atoms with Gasteiger partial charge in [-0.25, -0.2) is 4.98 Å². The van der Waals surface area contributed by atoms with Crippen molar-refractivity contribution in [1.29, 1.82) is 0 Å². The summed E-state index contributed by atoms with van der Waals surface area (Å²) < 4.78 is 5.35. The molecule has 5 nitrogen and oxygen atoms in total. The second-order valence-electron chi connectivity index (χ2n) is 4.90. The number of halogens is 1. The van der Waals surface area contributed by atoms with Gasteiger partial charge < -0.3 is 15.4 Å². The van der Waals surface area contributed by atoms with E-state index in [0.717, 1.165) is 30.2 Å². The smallest absolute Gasteiger partial charge is 0.191 e. The maximum Gasteiger partial charge on any atom is 0.191 e. The molecule has 0 saturated carbocycles. The number of ether oxygens (including phenoxy) is 1. The molecule has 23 heavy (non-hydrogen) atoms. The number of methoxy groups -OCH3 is 1. The molecule has 2 N–H and O–H groups in total. The van der Waals surface area contributed by atoms with E-state index >= 15 is 0 Å². The summed E-state index contributed by atoms with van der Waals surface area (Å²) in [6, 6.07) is 11.7. The van der Waals surface area contributed by atoms with Crippen LogP contribution in [0.4, 0.5) is 0 Å². The van der Waals surface area contributed by atoms with Crippen molar-refractivity contribution in [1.82, 2.24) is 15.6 Å². The lowest BCUT2D eigenvalue weighted by atomic mass is 10.1. The minimum atomic E-state index is 0.494. The van der Waals surface area contributed by atoms with Crippen LogP contribution in [0.15, 0.2) is 47.6 Å². The van der Waals surface area contributed by atoms with Crippen LogP contribution in [0.5, 0.6) is 5.75 Å². The number of hydrogen-bond acceptors (Lipinski definition) is 3. The molecule has 6 heteroatoms. The molecule has 0 bridgehead atoms. The molecule has 2 rings (SSSR count). The van der Waals surface area contributed by atoms with E-state index in [1.807, 2.05) is 24.3 Å². The standard InChI is InChI=1S/C17H21ClN4O/c1-19-17(22-12-13-7-8-16(18)21-11-13)20-10-9-14-5-3-4-6-15(14)23-2/h3-8,11H,9-10,12H2,1-2H3,(H2,19,20,22). The molecule has 0 fully saturated rings. The van der Waals surface area contributed by atoms with Crippen LogP contribution in [0.3, 0.4) is 0 Å². The van der Waals surface area contributed by atoms with E-state index in [0.29, 0.717) is 11.7 Å². The van der Waals surface area contributed by atoms with Gasteiger partial charge in [0.1, 0.15) is 10.9 Å². The summed E-state index contributed by atoms with van der Waals surface area (Å²) in [5, 5.41) is 7.03. The highest BCUT2D eigenvalue weighted by molar-refractivity contribution is 6.29. The largest absolute Gasteiger partial charge is 0.496 e. The predicted molar refractivity (Wildman–Crippen MR) is 94.1 cm³/mol. The lowest BCUT2D eigenvalue weighted by Crippen LogP contribution is -2.37. The van der Waals surface area contributed by atoms with Gasteiger partial charge in [-0.05, 0) is 29.7 Å². The van der Waals surface area contributed by atoms with Crippen LogP contribution in [-0.4, -0.2) is 31.6 Å². The van der Waals surface area contributed by atoms with E-state index in [4.69, 9.17) is 16.3 Å². The summed E-state index contributed by atoms with van der Waals surface area (Å²) >= 11 is 5.78. The molecule has 1 aromatic carbocycles. The van der Waals surface area contributed by atoms with Crippen molar-refractivity contribution >= 4 is 17.6 Å². The Bertz CT molecular complexity index is 643. The fourth-order valence-corrected chi connectivity index (χ4v) is 2.25. The van der Waals surface area contributed by atoms with Crippen molar-refractivity contribution in [2.75, 3.05) is 20.7 Å². The predicted octanol–water partition coefficient (Wildman–Crippen LogP) is 2.65. The Kier molecular flexibility index (Phi) is 6.69. The van der Waals surface area contributed by atoms with Gasteiger partial charge in [0.2, 0.25) is 0 Å². The second-order valence-corrected chi connectivity index (χ2v) is 5.29. The molecule has 0 radical (unpaired) electrons. The Morgan fingerprint density at radius 1 is 1.22 bits per heavy atom. The molecular weight excluding hydrogens is 312 g/mol. The highest BCUT2D eigenvalue weighted by atomic mass is 35.5. The summed E-state index contributed by atoms with van der Waals surface area (Å²) in [6.07, 6.45) is 2.60. The van der Waals surface area contributed by atoms with Crippen molar-refractivity contribution in [2.45, 2.75) is 13.0 Å². The number of pyridine rings is 1.